The van der Waals surface area contributed by atoms with E-state index >= 15 is 0 Å². The Hall–Kier alpha value is -0.990. The standard InChI is InChI=1S/C12H21NO2/c1-6-10-7-9(2)8-13(10)11(14)15-12(3,4)5/h10H,2,6-8H2,1,3-5H3/t10-/m1/s1. The maximum Gasteiger partial charge on any atom is 0.410 e. The SMILES string of the molecule is C=C1C[C@@H](CC)N(C(=O)OC(C)(C)C)C1. The largest absolute Gasteiger partial charge is 0.444 e. The van der Waals surface area contributed by atoms with Crippen LogP contribution in [-0.2, 0) is 4.74 Å². The number of ether oxygens (including phenoxy) is 1. The van der Waals surface area contributed by atoms with Gasteiger partial charge in [-0.05, 0) is 33.6 Å². The molecule has 86 valence electrons. The van der Waals surface area contributed by atoms with Gasteiger partial charge in [0.05, 0.1) is 0 Å². The van der Waals surface area contributed by atoms with E-state index in [9.17, 15) is 4.79 Å². The van der Waals surface area contributed by atoms with Gasteiger partial charge in [0, 0.05) is 12.6 Å². The summed E-state index contributed by atoms with van der Waals surface area (Å²) in [4.78, 5) is 13.6. The van der Waals surface area contributed by atoms with Crippen molar-refractivity contribution in [2.75, 3.05) is 6.54 Å². The summed E-state index contributed by atoms with van der Waals surface area (Å²) < 4.78 is 5.35. The third kappa shape index (κ3) is 3.26. The summed E-state index contributed by atoms with van der Waals surface area (Å²) in [5, 5.41) is 0. The van der Waals surface area contributed by atoms with E-state index in [4.69, 9.17) is 4.74 Å². The van der Waals surface area contributed by atoms with E-state index in [1.54, 1.807) is 4.90 Å². The molecule has 1 aliphatic rings. The van der Waals surface area contributed by atoms with Gasteiger partial charge in [-0.1, -0.05) is 19.1 Å². The maximum absolute atomic E-state index is 11.8. The van der Waals surface area contributed by atoms with Crippen LogP contribution in [0.15, 0.2) is 12.2 Å². The first-order chi connectivity index (χ1) is 6.83. The minimum atomic E-state index is -0.417. The summed E-state index contributed by atoms with van der Waals surface area (Å²) in [5.41, 5.74) is 0.701. The molecule has 1 heterocycles. The Kier molecular flexibility index (Phi) is 3.42. The van der Waals surface area contributed by atoms with Crippen LogP contribution in [0.25, 0.3) is 0 Å². The predicted molar refractivity (Wildman–Crippen MR) is 60.8 cm³/mol. The van der Waals surface area contributed by atoms with Crippen molar-refractivity contribution < 1.29 is 9.53 Å². The van der Waals surface area contributed by atoms with Gasteiger partial charge < -0.3 is 9.64 Å². The summed E-state index contributed by atoms with van der Waals surface area (Å²) in [6.07, 6.45) is 1.65. The van der Waals surface area contributed by atoms with E-state index in [0.29, 0.717) is 6.54 Å². The van der Waals surface area contributed by atoms with E-state index in [2.05, 4.69) is 13.5 Å². The van der Waals surface area contributed by atoms with Crippen molar-refractivity contribution in [1.29, 1.82) is 0 Å². The molecule has 1 amide bonds. The average molecular weight is 211 g/mol. The Bertz CT molecular complexity index is 265. The lowest BCUT2D eigenvalue weighted by Gasteiger charge is -2.27. The molecule has 0 saturated carbocycles. The average Bonchev–Trinajstić information content (AvgIpc) is 2.43. The quantitative estimate of drug-likeness (QED) is 0.624. The van der Waals surface area contributed by atoms with Gasteiger partial charge >= 0.3 is 6.09 Å². The van der Waals surface area contributed by atoms with Crippen molar-refractivity contribution in [3.05, 3.63) is 12.2 Å². The predicted octanol–water partition coefficient (Wildman–Crippen LogP) is 2.96. The number of amides is 1. The van der Waals surface area contributed by atoms with E-state index < -0.39 is 5.60 Å². The highest BCUT2D eigenvalue weighted by Gasteiger charge is 2.32. The topological polar surface area (TPSA) is 29.5 Å². The molecule has 0 aromatic carbocycles. The highest BCUT2D eigenvalue weighted by Crippen LogP contribution is 2.25. The van der Waals surface area contributed by atoms with Gasteiger partial charge in [-0.15, -0.1) is 0 Å². The number of likely N-dealkylation sites (tertiary alicyclic amines) is 1. The Balaban J connectivity index is 2.63. The maximum atomic E-state index is 11.8. The van der Waals surface area contributed by atoms with E-state index in [1.807, 2.05) is 20.8 Å². The molecule has 0 N–H and O–H groups in total. The normalized spacial score (nSPS) is 22.0. The summed E-state index contributed by atoms with van der Waals surface area (Å²) in [6.45, 7) is 12.3. The second-order valence-electron chi connectivity index (χ2n) is 5.12. The molecule has 3 nitrogen and oxygen atoms in total. The van der Waals surface area contributed by atoms with Crippen LogP contribution in [-0.4, -0.2) is 29.2 Å². The van der Waals surface area contributed by atoms with Crippen LogP contribution in [0.2, 0.25) is 0 Å². The molecule has 0 bridgehead atoms. The Labute approximate surface area is 92.1 Å². The molecule has 1 fully saturated rings. The summed E-state index contributed by atoms with van der Waals surface area (Å²) in [7, 11) is 0. The smallest absolute Gasteiger partial charge is 0.410 e. The lowest BCUT2D eigenvalue weighted by Crippen LogP contribution is -2.39. The number of rotatable bonds is 1. The fourth-order valence-corrected chi connectivity index (χ4v) is 1.78. The highest BCUT2D eigenvalue weighted by atomic mass is 16.6. The first-order valence-electron chi connectivity index (χ1n) is 5.49. The fourth-order valence-electron chi connectivity index (χ4n) is 1.78. The van der Waals surface area contributed by atoms with Gasteiger partial charge in [0.1, 0.15) is 5.60 Å². The molecule has 1 saturated heterocycles. The molecular formula is C12H21NO2. The molecule has 1 rings (SSSR count). The van der Waals surface area contributed by atoms with Crippen LogP contribution in [0.1, 0.15) is 40.5 Å². The zero-order valence-electron chi connectivity index (χ0n) is 10.2. The monoisotopic (exact) mass is 211 g/mol. The molecule has 0 aliphatic carbocycles. The van der Waals surface area contributed by atoms with Crippen molar-refractivity contribution in [2.24, 2.45) is 0 Å². The van der Waals surface area contributed by atoms with Crippen LogP contribution in [0.5, 0.6) is 0 Å². The van der Waals surface area contributed by atoms with Crippen molar-refractivity contribution >= 4 is 6.09 Å². The molecule has 15 heavy (non-hydrogen) atoms. The first-order valence-corrected chi connectivity index (χ1v) is 5.49. The third-order valence-electron chi connectivity index (χ3n) is 2.46. The molecule has 0 aromatic rings. The van der Waals surface area contributed by atoms with Crippen molar-refractivity contribution in [3.8, 4) is 0 Å². The summed E-state index contributed by atoms with van der Waals surface area (Å²) >= 11 is 0. The van der Waals surface area contributed by atoms with Crippen LogP contribution >= 0.6 is 0 Å². The zero-order valence-corrected chi connectivity index (χ0v) is 10.2. The minimum absolute atomic E-state index is 0.215. The molecule has 0 aromatic heterocycles. The number of carbonyl (C=O) groups is 1. The van der Waals surface area contributed by atoms with Crippen LogP contribution in [0, 0.1) is 0 Å². The molecule has 0 unspecified atom stereocenters. The van der Waals surface area contributed by atoms with Crippen molar-refractivity contribution in [1.82, 2.24) is 4.90 Å². The van der Waals surface area contributed by atoms with E-state index in [1.165, 1.54) is 0 Å². The molecule has 1 aliphatic heterocycles. The van der Waals surface area contributed by atoms with Gasteiger partial charge in [0.25, 0.3) is 0 Å². The molecule has 1 atom stereocenters. The Morgan fingerprint density at radius 1 is 1.60 bits per heavy atom. The second-order valence-corrected chi connectivity index (χ2v) is 5.12. The summed E-state index contributed by atoms with van der Waals surface area (Å²) in [5.74, 6) is 0. The first kappa shape index (κ1) is 12.1. The lowest BCUT2D eigenvalue weighted by molar-refractivity contribution is 0.0227. The van der Waals surface area contributed by atoms with Gasteiger partial charge in [-0.25, -0.2) is 4.79 Å². The Morgan fingerprint density at radius 3 is 2.67 bits per heavy atom. The van der Waals surface area contributed by atoms with E-state index in [-0.39, 0.29) is 12.1 Å². The number of nitrogens with zero attached hydrogens (tertiary/aromatic N) is 1. The van der Waals surface area contributed by atoms with E-state index in [0.717, 1.165) is 18.4 Å². The molecule has 0 radical (unpaired) electrons. The van der Waals surface area contributed by atoms with Gasteiger partial charge in [-0.2, -0.15) is 0 Å². The van der Waals surface area contributed by atoms with Crippen LogP contribution in [0.3, 0.4) is 0 Å². The lowest BCUT2D eigenvalue weighted by atomic mass is 10.1. The van der Waals surface area contributed by atoms with Gasteiger partial charge in [0.15, 0.2) is 0 Å². The van der Waals surface area contributed by atoms with Gasteiger partial charge in [-0.3, -0.25) is 0 Å². The Morgan fingerprint density at radius 2 is 2.20 bits per heavy atom. The number of hydrogen-bond donors (Lipinski definition) is 0. The molecule has 3 heteroatoms. The third-order valence-corrected chi connectivity index (χ3v) is 2.46. The van der Waals surface area contributed by atoms with Crippen molar-refractivity contribution in [2.45, 2.75) is 52.2 Å². The number of carbonyl (C=O) groups excluding carboxylic acids is 1. The van der Waals surface area contributed by atoms with Gasteiger partial charge in [0.2, 0.25) is 0 Å². The van der Waals surface area contributed by atoms with Crippen LogP contribution in [0.4, 0.5) is 4.79 Å². The zero-order chi connectivity index (χ0) is 11.6. The second kappa shape index (κ2) is 4.25. The van der Waals surface area contributed by atoms with Crippen molar-refractivity contribution in [3.63, 3.8) is 0 Å². The molecule has 0 spiro atoms. The fraction of sp³-hybridized carbons (Fsp3) is 0.750. The highest BCUT2D eigenvalue weighted by molar-refractivity contribution is 5.69. The van der Waals surface area contributed by atoms with Crippen LogP contribution < -0.4 is 0 Å². The minimum Gasteiger partial charge on any atom is -0.444 e. The number of hydrogen-bond acceptors (Lipinski definition) is 2. The molecular weight excluding hydrogens is 190 g/mol. The summed E-state index contributed by atoms with van der Waals surface area (Å²) in [6, 6.07) is 0.271.